The number of aryl methyl sites for hydroxylation is 1. The van der Waals surface area contributed by atoms with Gasteiger partial charge in [0, 0.05) is 37.5 Å². The SMILES string of the molecule is CC(=O)Nc1ncc(CN2CCC[C@@H](CCc3ncc(F)cn3)C2)s1. The van der Waals surface area contributed by atoms with Crippen LogP contribution in [0.5, 0.6) is 0 Å². The summed E-state index contributed by atoms with van der Waals surface area (Å²) in [5.41, 5.74) is 0. The van der Waals surface area contributed by atoms with Crippen LogP contribution in [-0.2, 0) is 17.8 Å². The number of rotatable bonds is 6. The maximum atomic E-state index is 12.9. The van der Waals surface area contributed by atoms with Crippen LogP contribution >= 0.6 is 11.3 Å². The number of thiazole rings is 1. The number of amides is 1. The number of carbonyl (C=O) groups is 1. The highest BCUT2D eigenvalue weighted by atomic mass is 32.1. The maximum absolute atomic E-state index is 12.9. The van der Waals surface area contributed by atoms with Crippen LogP contribution in [0.2, 0.25) is 0 Å². The molecule has 2 aromatic heterocycles. The van der Waals surface area contributed by atoms with E-state index in [0.717, 1.165) is 37.4 Å². The number of nitrogens with one attached hydrogen (secondary N) is 1. The molecule has 2 aromatic rings. The van der Waals surface area contributed by atoms with E-state index in [4.69, 9.17) is 0 Å². The third-order valence-corrected chi connectivity index (χ3v) is 5.17. The fourth-order valence-corrected chi connectivity index (χ4v) is 4.04. The summed E-state index contributed by atoms with van der Waals surface area (Å²) in [7, 11) is 0. The van der Waals surface area contributed by atoms with Crippen molar-refractivity contribution in [3.63, 3.8) is 0 Å². The Labute approximate surface area is 150 Å². The Balaban J connectivity index is 1.48. The molecule has 3 heterocycles. The van der Waals surface area contributed by atoms with Crippen LogP contribution in [0.25, 0.3) is 0 Å². The smallest absolute Gasteiger partial charge is 0.223 e. The molecule has 6 nitrogen and oxygen atoms in total. The van der Waals surface area contributed by atoms with Gasteiger partial charge in [-0.15, -0.1) is 11.3 Å². The van der Waals surface area contributed by atoms with E-state index in [0.29, 0.717) is 16.9 Å². The van der Waals surface area contributed by atoms with Gasteiger partial charge >= 0.3 is 0 Å². The molecule has 0 bridgehead atoms. The molecule has 0 spiro atoms. The molecule has 0 aromatic carbocycles. The second-order valence-electron chi connectivity index (χ2n) is 6.41. The predicted octanol–water partition coefficient (Wildman–Crippen LogP) is 2.88. The summed E-state index contributed by atoms with van der Waals surface area (Å²) < 4.78 is 12.9. The summed E-state index contributed by atoms with van der Waals surface area (Å²) in [5, 5.41) is 3.38. The Kier molecular flexibility index (Phi) is 6.04. The lowest BCUT2D eigenvalue weighted by atomic mass is 9.93. The molecule has 8 heteroatoms. The Hall–Kier alpha value is -1.93. The number of halogens is 1. The van der Waals surface area contributed by atoms with Crippen molar-refractivity contribution in [2.75, 3.05) is 18.4 Å². The van der Waals surface area contributed by atoms with Crippen molar-refractivity contribution >= 4 is 22.4 Å². The van der Waals surface area contributed by atoms with Gasteiger partial charge in [-0.2, -0.15) is 0 Å². The van der Waals surface area contributed by atoms with Crippen LogP contribution < -0.4 is 5.32 Å². The molecule has 0 unspecified atom stereocenters. The minimum atomic E-state index is -0.393. The molecule has 1 fully saturated rings. The molecule has 1 atom stereocenters. The molecule has 1 aliphatic heterocycles. The number of hydrogen-bond acceptors (Lipinski definition) is 6. The van der Waals surface area contributed by atoms with Crippen molar-refractivity contribution in [3.8, 4) is 0 Å². The third kappa shape index (κ3) is 5.54. The van der Waals surface area contributed by atoms with Crippen LogP contribution in [0, 0.1) is 11.7 Å². The molecule has 0 aliphatic carbocycles. The number of piperidine rings is 1. The minimum Gasteiger partial charge on any atom is -0.302 e. The standard InChI is InChI=1S/C17H22FN5OS/c1-12(24)22-17-21-9-15(25-17)11-23-6-2-3-13(10-23)4-5-16-19-7-14(18)8-20-16/h7-9,13H,2-6,10-11H2,1H3,(H,21,22,24)/t13-/m0/s1. The summed E-state index contributed by atoms with van der Waals surface area (Å²) in [6.45, 7) is 4.47. The topological polar surface area (TPSA) is 71.0 Å². The van der Waals surface area contributed by atoms with E-state index in [1.165, 1.54) is 43.5 Å². The van der Waals surface area contributed by atoms with E-state index in [2.05, 4.69) is 25.2 Å². The van der Waals surface area contributed by atoms with Crippen LogP contribution in [-0.4, -0.2) is 38.8 Å². The first-order chi connectivity index (χ1) is 12.1. The highest BCUT2D eigenvalue weighted by Crippen LogP contribution is 2.25. The molecule has 25 heavy (non-hydrogen) atoms. The van der Waals surface area contributed by atoms with Gasteiger partial charge in [-0.05, 0) is 31.7 Å². The zero-order chi connectivity index (χ0) is 17.6. The Bertz CT molecular complexity index is 705. The first-order valence-electron chi connectivity index (χ1n) is 8.49. The van der Waals surface area contributed by atoms with E-state index in [1.807, 2.05) is 6.20 Å². The quantitative estimate of drug-likeness (QED) is 0.854. The lowest BCUT2D eigenvalue weighted by Gasteiger charge is -2.32. The normalized spacial score (nSPS) is 18.2. The van der Waals surface area contributed by atoms with Crippen molar-refractivity contribution in [3.05, 3.63) is 35.1 Å². The number of aromatic nitrogens is 3. The highest BCUT2D eigenvalue weighted by Gasteiger charge is 2.21. The highest BCUT2D eigenvalue weighted by molar-refractivity contribution is 7.15. The molecular weight excluding hydrogens is 341 g/mol. The van der Waals surface area contributed by atoms with Crippen molar-refractivity contribution < 1.29 is 9.18 Å². The number of carbonyl (C=O) groups excluding carboxylic acids is 1. The van der Waals surface area contributed by atoms with Crippen LogP contribution in [0.4, 0.5) is 9.52 Å². The van der Waals surface area contributed by atoms with Gasteiger partial charge in [-0.25, -0.2) is 19.3 Å². The number of hydrogen-bond donors (Lipinski definition) is 1. The fourth-order valence-electron chi connectivity index (χ4n) is 3.14. The van der Waals surface area contributed by atoms with Crippen molar-refractivity contribution in [2.45, 2.75) is 39.2 Å². The summed E-state index contributed by atoms with van der Waals surface area (Å²) >= 11 is 1.53. The lowest BCUT2D eigenvalue weighted by molar-refractivity contribution is -0.114. The van der Waals surface area contributed by atoms with E-state index in [9.17, 15) is 9.18 Å². The Morgan fingerprint density at radius 1 is 1.36 bits per heavy atom. The summed E-state index contributed by atoms with van der Waals surface area (Å²) in [5.74, 6) is 0.823. The van der Waals surface area contributed by atoms with Gasteiger partial charge in [0.25, 0.3) is 0 Å². The molecule has 134 valence electrons. The number of nitrogens with zero attached hydrogens (tertiary/aromatic N) is 4. The van der Waals surface area contributed by atoms with E-state index >= 15 is 0 Å². The van der Waals surface area contributed by atoms with E-state index in [1.54, 1.807) is 0 Å². The van der Waals surface area contributed by atoms with Gasteiger partial charge in [0.2, 0.25) is 5.91 Å². The fraction of sp³-hybridized carbons (Fsp3) is 0.529. The van der Waals surface area contributed by atoms with E-state index < -0.39 is 5.82 Å². The second-order valence-corrected chi connectivity index (χ2v) is 7.53. The van der Waals surface area contributed by atoms with Gasteiger partial charge in [0.1, 0.15) is 5.82 Å². The number of likely N-dealkylation sites (tertiary alicyclic amines) is 1. The third-order valence-electron chi connectivity index (χ3n) is 4.27. The van der Waals surface area contributed by atoms with E-state index in [-0.39, 0.29) is 5.91 Å². The number of anilines is 1. The summed E-state index contributed by atoms with van der Waals surface area (Å²) in [4.78, 5) is 27.0. The van der Waals surface area contributed by atoms with Gasteiger partial charge in [0.05, 0.1) is 12.4 Å². The zero-order valence-electron chi connectivity index (χ0n) is 14.2. The first-order valence-corrected chi connectivity index (χ1v) is 9.31. The van der Waals surface area contributed by atoms with Crippen LogP contribution in [0.3, 0.4) is 0 Å². The Morgan fingerprint density at radius 3 is 2.92 bits per heavy atom. The average molecular weight is 363 g/mol. The monoisotopic (exact) mass is 363 g/mol. The Morgan fingerprint density at radius 2 is 2.16 bits per heavy atom. The summed E-state index contributed by atoms with van der Waals surface area (Å²) in [6, 6.07) is 0. The first kappa shape index (κ1) is 17.9. The van der Waals surface area contributed by atoms with Gasteiger partial charge in [-0.3, -0.25) is 9.69 Å². The van der Waals surface area contributed by atoms with Crippen molar-refractivity contribution in [1.82, 2.24) is 19.9 Å². The second kappa shape index (κ2) is 8.44. The molecule has 1 aliphatic rings. The van der Waals surface area contributed by atoms with Gasteiger partial charge in [0.15, 0.2) is 10.9 Å². The molecule has 0 saturated carbocycles. The van der Waals surface area contributed by atoms with Gasteiger partial charge < -0.3 is 5.32 Å². The van der Waals surface area contributed by atoms with Crippen LogP contribution in [0.15, 0.2) is 18.6 Å². The average Bonchev–Trinajstić information content (AvgIpc) is 3.01. The van der Waals surface area contributed by atoms with Crippen LogP contribution in [0.1, 0.15) is 36.9 Å². The molecule has 3 rings (SSSR count). The predicted molar refractivity (Wildman–Crippen MR) is 94.7 cm³/mol. The zero-order valence-corrected chi connectivity index (χ0v) is 15.1. The molecule has 1 saturated heterocycles. The lowest BCUT2D eigenvalue weighted by Crippen LogP contribution is -2.34. The van der Waals surface area contributed by atoms with Crippen molar-refractivity contribution in [2.24, 2.45) is 5.92 Å². The molecule has 0 radical (unpaired) electrons. The largest absolute Gasteiger partial charge is 0.302 e. The molecule has 1 N–H and O–H groups in total. The minimum absolute atomic E-state index is 0.0954. The molecule has 1 amide bonds. The van der Waals surface area contributed by atoms with Crippen molar-refractivity contribution in [1.29, 1.82) is 0 Å². The molecular formula is C17H22FN5OS. The van der Waals surface area contributed by atoms with Gasteiger partial charge in [-0.1, -0.05) is 0 Å². The maximum Gasteiger partial charge on any atom is 0.223 e. The summed E-state index contributed by atoms with van der Waals surface area (Å²) in [6.07, 6.45) is 8.47.